The van der Waals surface area contributed by atoms with Crippen LogP contribution < -0.4 is 5.32 Å². The number of benzene rings is 1. The van der Waals surface area contributed by atoms with E-state index in [2.05, 4.69) is 44.2 Å². The van der Waals surface area contributed by atoms with Crippen LogP contribution in [0.5, 0.6) is 0 Å². The van der Waals surface area contributed by atoms with Crippen LogP contribution in [0.2, 0.25) is 0 Å². The quantitative estimate of drug-likeness (QED) is 0.675. The van der Waals surface area contributed by atoms with E-state index in [1.165, 1.54) is 5.56 Å². The number of hydrogen-bond donors (Lipinski definition) is 3. The van der Waals surface area contributed by atoms with Crippen molar-refractivity contribution in [2.75, 3.05) is 25.0 Å². The van der Waals surface area contributed by atoms with Crippen molar-refractivity contribution >= 4 is 5.82 Å². The van der Waals surface area contributed by atoms with Gasteiger partial charge in [-0.05, 0) is 42.4 Å². The standard InChI is InChI=1S/C23H28N4O2/c28-10-2-1-3-17-4-6-18(7-5-17)14-27-15-19-11-21(22(29)12-20(19)16-27)26-23-13-24-8-9-25-23/h4-9,13,19-22,28-29H,2,10-12,14-16H2,(H,25,26)/t19-,20+,21-,22-/m1/s1. The Labute approximate surface area is 172 Å². The Morgan fingerprint density at radius 1 is 1.10 bits per heavy atom. The van der Waals surface area contributed by atoms with Crippen LogP contribution in [0.15, 0.2) is 42.9 Å². The normalized spacial score (nSPS) is 26.4. The summed E-state index contributed by atoms with van der Waals surface area (Å²) in [7, 11) is 0. The molecular weight excluding hydrogens is 364 g/mol. The van der Waals surface area contributed by atoms with Crippen LogP contribution in [-0.2, 0) is 6.54 Å². The number of fused-ring (bicyclic) bond motifs is 1. The Bertz CT molecular complexity index is 847. The van der Waals surface area contributed by atoms with E-state index in [9.17, 15) is 5.11 Å². The van der Waals surface area contributed by atoms with Crippen molar-refractivity contribution in [3.8, 4) is 11.8 Å². The molecule has 0 radical (unpaired) electrons. The van der Waals surface area contributed by atoms with Crippen LogP contribution in [0.3, 0.4) is 0 Å². The molecule has 152 valence electrons. The van der Waals surface area contributed by atoms with E-state index in [-0.39, 0.29) is 18.8 Å². The Kier molecular flexibility index (Phi) is 6.40. The summed E-state index contributed by atoms with van der Waals surface area (Å²) in [6.07, 6.45) is 6.98. The second-order valence-corrected chi connectivity index (χ2v) is 8.07. The molecule has 3 N–H and O–H groups in total. The van der Waals surface area contributed by atoms with E-state index in [0.717, 1.165) is 43.9 Å². The Hall–Kier alpha value is -2.46. The minimum Gasteiger partial charge on any atom is -0.395 e. The number of aromatic nitrogens is 2. The molecule has 0 spiro atoms. The lowest BCUT2D eigenvalue weighted by atomic mass is 9.77. The molecule has 1 aromatic carbocycles. The fraction of sp³-hybridized carbons (Fsp3) is 0.478. The summed E-state index contributed by atoms with van der Waals surface area (Å²) in [5, 5.41) is 22.8. The number of hydrogen-bond acceptors (Lipinski definition) is 6. The van der Waals surface area contributed by atoms with Gasteiger partial charge in [0.05, 0.1) is 24.9 Å². The highest BCUT2D eigenvalue weighted by atomic mass is 16.3. The van der Waals surface area contributed by atoms with Gasteiger partial charge in [0.15, 0.2) is 0 Å². The molecule has 1 aliphatic heterocycles. The zero-order valence-electron chi connectivity index (χ0n) is 16.5. The fourth-order valence-corrected chi connectivity index (χ4v) is 4.55. The third-order valence-electron chi connectivity index (χ3n) is 5.94. The number of nitrogens with zero attached hydrogens (tertiary/aromatic N) is 3. The lowest BCUT2D eigenvalue weighted by Crippen LogP contribution is -2.43. The zero-order valence-corrected chi connectivity index (χ0v) is 16.5. The summed E-state index contributed by atoms with van der Waals surface area (Å²) in [5.74, 6) is 7.90. The summed E-state index contributed by atoms with van der Waals surface area (Å²) in [6, 6.07) is 8.40. The predicted octanol–water partition coefficient (Wildman–Crippen LogP) is 1.89. The Morgan fingerprint density at radius 3 is 2.62 bits per heavy atom. The highest BCUT2D eigenvalue weighted by Crippen LogP contribution is 2.37. The zero-order chi connectivity index (χ0) is 20.1. The molecule has 2 heterocycles. The molecule has 6 nitrogen and oxygen atoms in total. The maximum atomic E-state index is 10.6. The van der Waals surface area contributed by atoms with Gasteiger partial charge in [0.1, 0.15) is 5.82 Å². The Balaban J connectivity index is 1.32. The van der Waals surface area contributed by atoms with E-state index < -0.39 is 0 Å². The molecule has 2 fully saturated rings. The molecule has 0 amide bonds. The van der Waals surface area contributed by atoms with Crippen LogP contribution >= 0.6 is 0 Å². The number of anilines is 1. The molecule has 6 heteroatoms. The average molecular weight is 393 g/mol. The molecule has 1 saturated heterocycles. The number of likely N-dealkylation sites (tertiary alicyclic amines) is 1. The molecule has 2 aromatic rings. The summed E-state index contributed by atoms with van der Waals surface area (Å²) >= 11 is 0. The summed E-state index contributed by atoms with van der Waals surface area (Å²) in [4.78, 5) is 10.9. The van der Waals surface area contributed by atoms with Crippen molar-refractivity contribution in [1.82, 2.24) is 14.9 Å². The van der Waals surface area contributed by atoms with Crippen LogP contribution in [-0.4, -0.2) is 56.9 Å². The molecule has 4 atom stereocenters. The first-order valence-corrected chi connectivity index (χ1v) is 10.3. The van der Waals surface area contributed by atoms with Crippen molar-refractivity contribution in [2.24, 2.45) is 11.8 Å². The molecule has 0 bridgehead atoms. The smallest absolute Gasteiger partial charge is 0.144 e. The average Bonchev–Trinajstić information content (AvgIpc) is 3.11. The number of aliphatic hydroxyl groups is 2. The highest BCUT2D eigenvalue weighted by Gasteiger charge is 2.41. The summed E-state index contributed by atoms with van der Waals surface area (Å²) in [5.41, 5.74) is 2.27. The van der Waals surface area contributed by atoms with Gasteiger partial charge in [-0.25, -0.2) is 4.98 Å². The van der Waals surface area contributed by atoms with Crippen molar-refractivity contribution < 1.29 is 10.2 Å². The van der Waals surface area contributed by atoms with Crippen LogP contribution in [0.25, 0.3) is 0 Å². The van der Waals surface area contributed by atoms with E-state index in [0.29, 0.717) is 18.3 Å². The van der Waals surface area contributed by atoms with Crippen LogP contribution in [0, 0.1) is 23.7 Å². The molecule has 29 heavy (non-hydrogen) atoms. The second-order valence-electron chi connectivity index (χ2n) is 8.07. The first kappa shape index (κ1) is 19.8. The van der Waals surface area contributed by atoms with Gasteiger partial charge in [-0.15, -0.1) is 0 Å². The van der Waals surface area contributed by atoms with E-state index in [1.54, 1.807) is 18.6 Å². The molecule has 1 aromatic heterocycles. The van der Waals surface area contributed by atoms with Gasteiger partial charge in [-0.3, -0.25) is 9.88 Å². The molecule has 4 rings (SSSR count). The lowest BCUT2D eigenvalue weighted by molar-refractivity contribution is 0.0735. The highest BCUT2D eigenvalue weighted by molar-refractivity contribution is 5.36. The summed E-state index contributed by atoms with van der Waals surface area (Å²) in [6.45, 7) is 3.13. The molecule has 0 unspecified atom stereocenters. The largest absolute Gasteiger partial charge is 0.395 e. The third kappa shape index (κ3) is 5.13. The van der Waals surface area contributed by atoms with E-state index in [1.807, 2.05) is 12.1 Å². The first-order valence-electron chi connectivity index (χ1n) is 10.3. The van der Waals surface area contributed by atoms with Crippen molar-refractivity contribution in [3.63, 3.8) is 0 Å². The van der Waals surface area contributed by atoms with E-state index >= 15 is 0 Å². The Morgan fingerprint density at radius 2 is 1.90 bits per heavy atom. The van der Waals surface area contributed by atoms with Crippen molar-refractivity contribution in [1.29, 1.82) is 0 Å². The SMILES string of the molecule is OCCC#Cc1ccc(CN2C[C@H]3C[C@@H](Nc4cnccn4)[C@H](O)C[C@H]3C2)cc1. The van der Waals surface area contributed by atoms with Crippen molar-refractivity contribution in [2.45, 2.75) is 38.0 Å². The third-order valence-corrected chi connectivity index (χ3v) is 5.94. The maximum absolute atomic E-state index is 10.6. The second kappa shape index (κ2) is 9.36. The molecular formula is C23H28N4O2. The van der Waals surface area contributed by atoms with Gasteiger partial charge >= 0.3 is 0 Å². The lowest BCUT2D eigenvalue weighted by Gasteiger charge is -2.35. The summed E-state index contributed by atoms with van der Waals surface area (Å²) < 4.78 is 0. The maximum Gasteiger partial charge on any atom is 0.144 e. The van der Waals surface area contributed by atoms with E-state index in [4.69, 9.17) is 5.11 Å². The number of rotatable bonds is 5. The molecule has 2 aliphatic rings. The number of nitrogens with one attached hydrogen (secondary N) is 1. The molecule has 1 aliphatic carbocycles. The monoisotopic (exact) mass is 392 g/mol. The van der Waals surface area contributed by atoms with Gasteiger partial charge in [0.2, 0.25) is 0 Å². The van der Waals surface area contributed by atoms with Crippen LogP contribution in [0.1, 0.15) is 30.4 Å². The fourth-order valence-electron chi connectivity index (χ4n) is 4.55. The van der Waals surface area contributed by atoms with Gasteiger partial charge in [-0.1, -0.05) is 24.0 Å². The van der Waals surface area contributed by atoms with Crippen molar-refractivity contribution in [3.05, 3.63) is 54.0 Å². The number of aliphatic hydroxyl groups excluding tert-OH is 2. The minimum atomic E-state index is -0.352. The van der Waals surface area contributed by atoms with Gasteiger partial charge in [0, 0.05) is 44.0 Å². The predicted molar refractivity (Wildman–Crippen MR) is 112 cm³/mol. The molecule has 1 saturated carbocycles. The van der Waals surface area contributed by atoms with Gasteiger partial charge in [0.25, 0.3) is 0 Å². The minimum absolute atomic E-state index is 0.0321. The van der Waals surface area contributed by atoms with Gasteiger partial charge < -0.3 is 15.5 Å². The topological polar surface area (TPSA) is 81.5 Å². The van der Waals surface area contributed by atoms with Gasteiger partial charge in [-0.2, -0.15) is 0 Å². The first-order chi connectivity index (χ1) is 14.2. The van der Waals surface area contributed by atoms with Crippen LogP contribution in [0.4, 0.5) is 5.82 Å².